The van der Waals surface area contributed by atoms with Crippen LogP contribution in [0, 0.1) is 23.0 Å². The van der Waals surface area contributed by atoms with E-state index in [9.17, 15) is 18.4 Å². The lowest BCUT2D eigenvalue weighted by Crippen LogP contribution is -2.17. The molecule has 0 aliphatic heterocycles. The number of benzene rings is 1. The Labute approximate surface area is 121 Å². The monoisotopic (exact) mass is 308 g/mol. The molecule has 0 spiro atoms. The molecule has 0 fully saturated rings. The number of hydrogen-bond donors (Lipinski definition) is 2. The molecule has 2 N–H and O–H groups in total. The van der Waals surface area contributed by atoms with E-state index < -0.39 is 34.6 Å². The number of rotatable bonds is 3. The smallest absolute Gasteiger partial charge is 0.336 e. The fourth-order valence-corrected chi connectivity index (χ4v) is 2.31. The first-order chi connectivity index (χ1) is 9.93. The summed E-state index contributed by atoms with van der Waals surface area (Å²) in [6.45, 7) is 0. The standard InChI is InChI=1S/C13H6F2N2O3S/c14-9-3-7(8(13(19)20)4-10(9)15)11(18)17-12-6(5-16)1-2-21-12/h1-4H,(H,17,18)(H,19,20). The molecule has 5 nitrogen and oxygen atoms in total. The number of nitrogens with zero attached hydrogens (tertiary/aromatic N) is 1. The van der Waals surface area contributed by atoms with Gasteiger partial charge in [-0.2, -0.15) is 5.26 Å². The van der Waals surface area contributed by atoms with Crippen molar-refractivity contribution in [1.82, 2.24) is 0 Å². The number of thiophene rings is 1. The summed E-state index contributed by atoms with van der Waals surface area (Å²) in [4.78, 5) is 23.0. The number of nitriles is 1. The highest BCUT2D eigenvalue weighted by molar-refractivity contribution is 7.14. The Morgan fingerprint density at radius 3 is 2.43 bits per heavy atom. The molecule has 21 heavy (non-hydrogen) atoms. The average molecular weight is 308 g/mol. The molecule has 2 aromatic rings. The van der Waals surface area contributed by atoms with E-state index in [0.717, 1.165) is 11.3 Å². The normalized spacial score (nSPS) is 9.95. The molecular formula is C13H6F2N2O3S. The van der Waals surface area contributed by atoms with Crippen LogP contribution in [0.4, 0.5) is 13.8 Å². The Balaban J connectivity index is 2.42. The van der Waals surface area contributed by atoms with Gasteiger partial charge in [-0.05, 0) is 23.6 Å². The second-order valence-electron chi connectivity index (χ2n) is 3.85. The number of carboxylic acids is 1. The molecular weight excluding hydrogens is 302 g/mol. The van der Waals surface area contributed by atoms with Crippen LogP contribution in [-0.2, 0) is 0 Å². The zero-order valence-corrected chi connectivity index (χ0v) is 11.0. The lowest BCUT2D eigenvalue weighted by Gasteiger charge is -2.07. The van der Waals surface area contributed by atoms with E-state index in [4.69, 9.17) is 10.4 Å². The summed E-state index contributed by atoms with van der Waals surface area (Å²) in [5.74, 6) is -5.20. The molecule has 0 aliphatic rings. The molecule has 1 aromatic carbocycles. The summed E-state index contributed by atoms with van der Waals surface area (Å²) < 4.78 is 26.3. The van der Waals surface area contributed by atoms with Crippen LogP contribution in [0.1, 0.15) is 26.3 Å². The molecule has 0 atom stereocenters. The fourth-order valence-electron chi connectivity index (χ4n) is 1.58. The lowest BCUT2D eigenvalue weighted by atomic mass is 10.1. The van der Waals surface area contributed by atoms with Crippen LogP contribution in [0.3, 0.4) is 0 Å². The average Bonchev–Trinajstić information content (AvgIpc) is 2.88. The molecule has 0 radical (unpaired) electrons. The van der Waals surface area contributed by atoms with E-state index in [0.29, 0.717) is 12.1 Å². The lowest BCUT2D eigenvalue weighted by molar-refractivity contribution is 0.0691. The van der Waals surface area contributed by atoms with Gasteiger partial charge in [0, 0.05) is 0 Å². The van der Waals surface area contributed by atoms with Crippen molar-refractivity contribution in [3.63, 3.8) is 0 Å². The second kappa shape index (κ2) is 5.68. The number of carbonyl (C=O) groups excluding carboxylic acids is 1. The maximum absolute atomic E-state index is 13.2. The molecule has 0 saturated carbocycles. The van der Waals surface area contributed by atoms with E-state index in [-0.39, 0.29) is 10.6 Å². The zero-order chi connectivity index (χ0) is 15.6. The molecule has 1 aromatic heterocycles. The number of anilines is 1. The van der Waals surface area contributed by atoms with Gasteiger partial charge in [0.1, 0.15) is 11.1 Å². The van der Waals surface area contributed by atoms with Crippen LogP contribution in [0.5, 0.6) is 0 Å². The third kappa shape index (κ3) is 2.88. The number of carbonyl (C=O) groups is 2. The molecule has 0 saturated heterocycles. The number of halogens is 2. The van der Waals surface area contributed by atoms with E-state index in [1.807, 2.05) is 6.07 Å². The number of amides is 1. The Kier molecular flexibility index (Phi) is 3.95. The maximum atomic E-state index is 13.2. The second-order valence-corrected chi connectivity index (χ2v) is 4.76. The molecule has 8 heteroatoms. The Morgan fingerprint density at radius 2 is 1.86 bits per heavy atom. The quantitative estimate of drug-likeness (QED) is 0.912. The molecule has 106 valence electrons. The van der Waals surface area contributed by atoms with Crippen molar-refractivity contribution < 1.29 is 23.5 Å². The predicted octanol–water partition coefficient (Wildman–Crippen LogP) is 2.85. The summed E-state index contributed by atoms with van der Waals surface area (Å²) in [6, 6.07) is 4.24. The maximum Gasteiger partial charge on any atom is 0.336 e. The van der Waals surface area contributed by atoms with Gasteiger partial charge in [0.25, 0.3) is 5.91 Å². The third-order valence-corrected chi connectivity index (χ3v) is 3.38. The summed E-state index contributed by atoms with van der Waals surface area (Å²) >= 11 is 1.05. The van der Waals surface area contributed by atoms with Crippen molar-refractivity contribution in [1.29, 1.82) is 5.26 Å². The summed E-state index contributed by atoms with van der Waals surface area (Å²) in [5, 5.41) is 21.8. The van der Waals surface area contributed by atoms with Crippen molar-refractivity contribution in [2.45, 2.75) is 0 Å². The van der Waals surface area contributed by atoms with Crippen LogP contribution in [0.2, 0.25) is 0 Å². The van der Waals surface area contributed by atoms with E-state index in [1.54, 1.807) is 5.38 Å². The van der Waals surface area contributed by atoms with Crippen LogP contribution in [0.15, 0.2) is 23.6 Å². The molecule has 1 amide bonds. The topological polar surface area (TPSA) is 90.2 Å². The van der Waals surface area contributed by atoms with Gasteiger partial charge in [-0.25, -0.2) is 13.6 Å². The van der Waals surface area contributed by atoms with Crippen molar-refractivity contribution in [3.05, 3.63) is 51.9 Å². The van der Waals surface area contributed by atoms with Crippen LogP contribution >= 0.6 is 11.3 Å². The van der Waals surface area contributed by atoms with E-state index in [2.05, 4.69) is 5.32 Å². The van der Waals surface area contributed by atoms with Gasteiger partial charge in [0.2, 0.25) is 0 Å². The highest BCUT2D eigenvalue weighted by Gasteiger charge is 2.21. The van der Waals surface area contributed by atoms with Crippen LogP contribution < -0.4 is 5.32 Å². The number of hydrogen-bond acceptors (Lipinski definition) is 4. The first kappa shape index (κ1) is 14.6. The Hall–Kier alpha value is -2.79. The molecule has 1 heterocycles. The first-order valence-electron chi connectivity index (χ1n) is 5.45. The highest BCUT2D eigenvalue weighted by Crippen LogP contribution is 2.24. The fraction of sp³-hybridized carbons (Fsp3) is 0. The van der Waals surface area contributed by atoms with Crippen LogP contribution in [-0.4, -0.2) is 17.0 Å². The number of carboxylic acid groups (broad SMARTS) is 1. The van der Waals surface area contributed by atoms with Crippen molar-refractivity contribution >= 4 is 28.2 Å². The first-order valence-corrected chi connectivity index (χ1v) is 6.33. The van der Waals surface area contributed by atoms with E-state index in [1.165, 1.54) is 6.07 Å². The summed E-state index contributed by atoms with van der Waals surface area (Å²) in [5.41, 5.74) is -1.01. The van der Waals surface area contributed by atoms with Crippen molar-refractivity contribution in [2.75, 3.05) is 5.32 Å². The highest BCUT2D eigenvalue weighted by atomic mass is 32.1. The Morgan fingerprint density at radius 1 is 1.24 bits per heavy atom. The number of aromatic carboxylic acids is 1. The summed E-state index contributed by atoms with van der Waals surface area (Å²) in [7, 11) is 0. The van der Waals surface area contributed by atoms with Gasteiger partial charge in [-0.3, -0.25) is 4.79 Å². The Bertz CT molecular complexity index is 780. The largest absolute Gasteiger partial charge is 0.478 e. The zero-order valence-electron chi connectivity index (χ0n) is 10.2. The number of nitrogens with one attached hydrogen (secondary N) is 1. The van der Waals surface area contributed by atoms with Gasteiger partial charge in [-0.15, -0.1) is 11.3 Å². The summed E-state index contributed by atoms with van der Waals surface area (Å²) in [6.07, 6.45) is 0. The minimum atomic E-state index is -1.56. The van der Waals surface area contributed by atoms with Crippen molar-refractivity contribution in [2.24, 2.45) is 0 Å². The molecule has 2 rings (SSSR count). The van der Waals surface area contributed by atoms with Gasteiger partial charge in [-0.1, -0.05) is 0 Å². The van der Waals surface area contributed by atoms with Gasteiger partial charge >= 0.3 is 5.97 Å². The van der Waals surface area contributed by atoms with Gasteiger partial charge in [0.05, 0.1) is 16.7 Å². The minimum Gasteiger partial charge on any atom is -0.478 e. The molecule has 0 aliphatic carbocycles. The SMILES string of the molecule is N#Cc1ccsc1NC(=O)c1cc(F)c(F)cc1C(=O)O. The third-order valence-electron chi connectivity index (χ3n) is 2.55. The minimum absolute atomic E-state index is 0.188. The van der Waals surface area contributed by atoms with Crippen molar-refractivity contribution in [3.8, 4) is 6.07 Å². The van der Waals surface area contributed by atoms with Gasteiger partial charge in [0.15, 0.2) is 11.6 Å². The van der Waals surface area contributed by atoms with Gasteiger partial charge < -0.3 is 10.4 Å². The van der Waals surface area contributed by atoms with Crippen LogP contribution in [0.25, 0.3) is 0 Å². The predicted molar refractivity (Wildman–Crippen MR) is 70.3 cm³/mol. The molecule has 0 unspecified atom stereocenters. The molecule has 0 bridgehead atoms. The van der Waals surface area contributed by atoms with E-state index >= 15 is 0 Å².